The van der Waals surface area contributed by atoms with Gasteiger partial charge in [-0.2, -0.15) is 0 Å². The molecule has 18 heavy (non-hydrogen) atoms. The molecular formula is C16H24O2. The summed E-state index contributed by atoms with van der Waals surface area (Å²) < 4.78 is 0. The van der Waals surface area contributed by atoms with Crippen LogP contribution in [-0.2, 0) is 6.42 Å². The van der Waals surface area contributed by atoms with E-state index in [1.54, 1.807) is 6.08 Å². The van der Waals surface area contributed by atoms with Crippen LogP contribution in [0.15, 0.2) is 43.0 Å². The van der Waals surface area contributed by atoms with Crippen LogP contribution in [0, 0.1) is 11.8 Å². The van der Waals surface area contributed by atoms with Crippen LogP contribution in [-0.4, -0.2) is 22.4 Å². The summed E-state index contributed by atoms with van der Waals surface area (Å²) in [6, 6.07) is 10.1. The summed E-state index contributed by atoms with van der Waals surface area (Å²) in [5.74, 6) is -0.131. The highest BCUT2D eigenvalue weighted by Crippen LogP contribution is 2.20. The molecule has 2 nitrogen and oxygen atoms in total. The Hall–Kier alpha value is -1.12. The average Bonchev–Trinajstić information content (AvgIpc) is 2.43. The largest absolute Gasteiger partial charge is 0.393 e. The standard InChI is InChI=1S/C16H24O2/c1-4-12(2)16(18)13(3)15(17)11-10-14-8-6-5-7-9-14/h4-9,12-13,15-18H,1,10-11H2,2-3H3/t12?,13-,15+,16?/m1/s1. The molecule has 1 aromatic rings. The zero-order valence-corrected chi connectivity index (χ0v) is 11.3. The molecule has 0 amide bonds. The summed E-state index contributed by atoms with van der Waals surface area (Å²) in [7, 11) is 0. The highest BCUT2D eigenvalue weighted by molar-refractivity contribution is 5.14. The fraction of sp³-hybridized carbons (Fsp3) is 0.500. The predicted molar refractivity (Wildman–Crippen MR) is 75.3 cm³/mol. The van der Waals surface area contributed by atoms with Gasteiger partial charge in [0.1, 0.15) is 0 Å². The molecule has 0 aliphatic rings. The van der Waals surface area contributed by atoms with Crippen molar-refractivity contribution in [2.24, 2.45) is 11.8 Å². The van der Waals surface area contributed by atoms with Gasteiger partial charge < -0.3 is 10.2 Å². The molecule has 2 unspecified atom stereocenters. The number of aliphatic hydroxyl groups excluding tert-OH is 2. The molecule has 1 rings (SSSR count). The molecular weight excluding hydrogens is 224 g/mol. The number of hydrogen-bond acceptors (Lipinski definition) is 2. The zero-order valence-electron chi connectivity index (χ0n) is 11.3. The molecule has 2 heteroatoms. The summed E-state index contributed by atoms with van der Waals surface area (Å²) in [6.07, 6.45) is 2.22. The molecule has 0 saturated heterocycles. The Labute approximate surface area is 110 Å². The fourth-order valence-electron chi connectivity index (χ4n) is 2.07. The van der Waals surface area contributed by atoms with Crippen LogP contribution in [0.4, 0.5) is 0 Å². The first-order valence-corrected chi connectivity index (χ1v) is 6.59. The summed E-state index contributed by atoms with van der Waals surface area (Å²) in [6.45, 7) is 7.48. The molecule has 0 spiro atoms. The van der Waals surface area contributed by atoms with Crippen molar-refractivity contribution < 1.29 is 10.2 Å². The van der Waals surface area contributed by atoms with Gasteiger partial charge in [0.2, 0.25) is 0 Å². The molecule has 4 atom stereocenters. The maximum absolute atomic E-state index is 10.1. The second-order valence-electron chi connectivity index (χ2n) is 5.04. The number of aryl methyl sites for hydroxylation is 1. The molecule has 0 aromatic heterocycles. The third kappa shape index (κ3) is 4.28. The SMILES string of the molecule is C=CC(C)C(O)[C@H](C)[C@@H](O)CCc1ccccc1. The van der Waals surface area contributed by atoms with Gasteiger partial charge in [0, 0.05) is 11.8 Å². The van der Waals surface area contributed by atoms with E-state index in [1.165, 1.54) is 5.56 Å². The van der Waals surface area contributed by atoms with E-state index in [0.29, 0.717) is 6.42 Å². The molecule has 0 heterocycles. The van der Waals surface area contributed by atoms with Gasteiger partial charge in [0.25, 0.3) is 0 Å². The molecule has 100 valence electrons. The van der Waals surface area contributed by atoms with Gasteiger partial charge in [-0.15, -0.1) is 6.58 Å². The van der Waals surface area contributed by atoms with E-state index in [9.17, 15) is 10.2 Å². The predicted octanol–water partition coefficient (Wildman–Crippen LogP) is 2.80. The van der Waals surface area contributed by atoms with E-state index in [1.807, 2.05) is 32.0 Å². The Morgan fingerprint density at radius 1 is 1.17 bits per heavy atom. The van der Waals surface area contributed by atoms with E-state index >= 15 is 0 Å². The maximum Gasteiger partial charge on any atom is 0.0650 e. The van der Waals surface area contributed by atoms with Crippen molar-refractivity contribution in [3.63, 3.8) is 0 Å². The minimum atomic E-state index is -0.534. The summed E-state index contributed by atoms with van der Waals surface area (Å²) in [5, 5.41) is 20.1. The van der Waals surface area contributed by atoms with Gasteiger partial charge in [0.15, 0.2) is 0 Å². The summed E-state index contributed by atoms with van der Waals surface area (Å²) in [4.78, 5) is 0. The molecule has 0 bridgehead atoms. The van der Waals surface area contributed by atoms with Gasteiger partial charge in [-0.1, -0.05) is 50.3 Å². The normalized spacial score (nSPS) is 17.8. The van der Waals surface area contributed by atoms with Crippen LogP contribution >= 0.6 is 0 Å². The first kappa shape index (κ1) is 14.9. The van der Waals surface area contributed by atoms with Crippen molar-refractivity contribution in [3.8, 4) is 0 Å². The van der Waals surface area contributed by atoms with Crippen molar-refractivity contribution in [3.05, 3.63) is 48.6 Å². The zero-order chi connectivity index (χ0) is 13.5. The van der Waals surface area contributed by atoms with Crippen molar-refractivity contribution >= 4 is 0 Å². The highest BCUT2D eigenvalue weighted by atomic mass is 16.3. The second-order valence-corrected chi connectivity index (χ2v) is 5.04. The number of rotatable bonds is 7. The van der Waals surface area contributed by atoms with Gasteiger partial charge in [-0.25, -0.2) is 0 Å². The lowest BCUT2D eigenvalue weighted by Gasteiger charge is -2.27. The Morgan fingerprint density at radius 2 is 1.78 bits per heavy atom. The van der Waals surface area contributed by atoms with E-state index in [0.717, 1.165) is 6.42 Å². The Bertz CT molecular complexity index is 347. The third-order valence-electron chi connectivity index (χ3n) is 3.63. The Balaban J connectivity index is 2.45. The topological polar surface area (TPSA) is 40.5 Å². The third-order valence-corrected chi connectivity index (χ3v) is 3.63. The van der Waals surface area contributed by atoms with Crippen LogP contribution in [0.25, 0.3) is 0 Å². The first-order chi connectivity index (χ1) is 8.56. The first-order valence-electron chi connectivity index (χ1n) is 6.59. The van der Waals surface area contributed by atoms with Crippen LogP contribution < -0.4 is 0 Å². The van der Waals surface area contributed by atoms with Crippen LogP contribution in [0.2, 0.25) is 0 Å². The van der Waals surface area contributed by atoms with Crippen molar-refractivity contribution in [2.75, 3.05) is 0 Å². The highest BCUT2D eigenvalue weighted by Gasteiger charge is 2.25. The lowest BCUT2D eigenvalue weighted by Crippen LogP contribution is -2.33. The average molecular weight is 248 g/mol. The fourth-order valence-corrected chi connectivity index (χ4v) is 2.07. The van der Waals surface area contributed by atoms with E-state index in [4.69, 9.17) is 0 Å². The van der Waals surface area contributed by atoms with Gasteiger partial charge in [-0.05, 0) is 18.4 Å². The molecule has 0 saturated carbocycles. The molecule has 2 N–H and O–H groups in total. The molecule has 1 aromatic carbocycles. The van der Waals surface area contributed by atoms with Crippen molar-refractivity contribution in [2.45, 2.75) is 38.9 Å². The molecule has 0 fully saturated rings. The van der Waals surface area contributed by atoms with Crippen molar-refractivity contribution in [1.82, 2.24) is 0 Å². The minimum Gasteiger partial charge on any atom is -0.393 e. The number of aliphatic hydroxyl groups is 2. The number of hydrogen-bond donors (Lipinski definition) is 2. The summed E-state index contributed by atoms with van der Waals surface area (Å²) >= 11 is 0. The van der Waals surface area contributed by atoms with Crippen molar-refractivity contribution in [1.29, 1.82) is 0 Å². The monoisotopic (exact) mass is 248 g/mol. The van der Waals surface area contributed by atoms with E-state index in [-0.39, 0.29) is 11.8 Å². The molecule has 0 radical (unpaired) electrons. The van der Waals surface area contributed by atoms with Crippen LogP contribution in [0.5, 0.6) is 0 Å². The van der Waals surface area contributed by atoms with E-state index in [2.05, 4.69) is 18.7 Å². The second kappa shape index (κ2) is 7.34. The van der Waals surface area contributed by atoms with Gasteiger partial charge in [0.05, 0.1) is 12.2 Å². The van der Waals surface area contributed by atoms with E-state index < -0.39 is 12.2 Å². The lowest BCUT2D eigenvalue weighted by molar-refractivity contribution is 0.000831. The molecule has 0 aliphatic carbocycles. The Kier molecular flexibility index (Phi) is 6.10. The Morgan fingerprint density at radius 3 is 2.33 bits per heavy atom. The smallest absolute Gasteiger partial charge is 0.0650 e. The summed E-state index contributed by atoms with van der Waals surface area (Å²) in [5.41, 5.74) is 1.22. The van der Waals surface area contributed by atoms with Crippen LogP contribution in [0.1, 0.15) is 25.8 Å². The van der Waals surface area contributed by atoms with Gasteiger partial charge >= 0.3 is 0 Å². The number of benzene rings is 1. The van der Waals surface area contributed by atoms with Crippen LogP contribution in [0.3, 0.4) is 0 Å². The lowest BCUT2D eigenvalue weighted by atomic mass is 9.87. The minimum absolute atomic E-state index is 0.00590. The quantitative estimate of drug-likeness (QED) is 0.728. The maximum atomic E-state index is 10.1. The molecule has 0 aliphatic heterocycles. The van der Waals surface area contributed by atoms with Gasteiger partial charge in [-0.3, -0.25) is 0 Å².